The van der Waals surface area contributed by atoms with Gasteiger partial charge in [0.15, 0.2) is 5.78 Å². The summed E-state index contributed by atoms with van der Waals surface area (Å²) in [7, 11) is 7.69. The first-order valence-electron chi connectivity index (χ1n) is 16.5. The van der Waals surface area contributed by atoms with E-state index in [1.165, 1.54) is 39.2 Å². The molecule has 1 aliphatic rings. The average Bonchev–Trinajstić information content (AvgIpc) is 3.06. The highest BCUT2D eigenvalue weighted by atomic mass is 16.5. The standard InChI is InChI=1S/C40H41BO11/c1-12-26-22(8)29(38(46)51-35-20(6)18(4)31(37(44)45)19(5)21(35)7)17(3)14-27(26)50-40(48)32-33(41)23(9)36(24(10)34(32)43)52-39(47)30-16(2)13-25(42)15-28(30)49-11/h13-15,30,43H,12H2,1-11H3,(H,44,45). The van der Waals surface area contributed by atoms with Crippen LogP contribution in [0.15, 0.2) is 29.6 Å². The van der Waals surface area contributed by atoms with E-state index in [9.17, 15) is 34.2 Å². The molecule has 0 bridgehead atoms. The van der Waals surface area contributed by atoms with E-state index in [0.717, 1.165) is 0 Å². The van der Waals surface area contributed by atoms with Crippen molar-refractivity contribution in [3.63, 3.8) is 0 Å². The number of rotatable bonds is 9. The fourth-order valence-corrected chi connectivity index (χ4v) is 6.69. The first-order chi connectivity index (χ1) is 24.3. The highest BCUT2D eigenvalue weighted by Crippen LogP contribution is 2.38. The summed E-state index contributed by atoms with van der Waals surface area (Å²) in [6.07, 6.45) is 2.84. The Balaban J connectivity index is 1.68. The van der Waals surface area contributed by atoms with E-state index in [0.29, 0.717) is 50.9 Å². The Hall–Kier alpha value is -5.65. The van der Waals surface area contributed by atoms with Crippen LogP contribution in [0.1, 0.15) is 95.0 Å². The third-order valence-electron chi connectivity index (χ3n) is 9.81. The number of carbonyl (C=O) groups excluding carboxylic acids is 4. The second-order valence-corrected chi connectivity index (χ2v) is 12.9. The molecule has 0 heterocycles. The minimum absolute atomic E-state index is 0.0529. The maximum atomic E-state index is 13.7. The fraction of sp³-hybridized carbons (Fsp3) is 0.325. The molecule has 0 aliphatic heterocycles. The van der Waals surface area contributed by atoms with Crippen molar-refractivity contribution in [3.8, 4) is 23.0 Å². The van der Waals surface area contributed by atoms with Crippen LogP contribution in [0.2, 0.25) is 0 Å². The van der Waals surface area contributed by atoms with Crippen molar-refractivity contribution in [1.82, 2.24) is 0 Å². The molecule has 0 saturated carbocycles. The molecular weight excluding hydrogens is 667 g/mol. The van der Waals surface area contributed by atoms with E-state index in [1.54, 1.807) is 48.5 Å². The van der Waals surface area contributed by atoms with Crippen LogP contribution < -0.4 is 19.7 Å². The van der Waals surface area contributed by atoms with Gasteiger partial charge in [0.2, 0.25) is 0 Å². The number of aromatic carboxylic acids is 1. The molecule has 0 spiro atoms. The number of carboxylic acids is 1. The smallest absolute Gasteiger partial charge is 0.346 e. The molecule has 0 saturated heterocycles. The Bertz CT molecular complexity index is 2100. The Morgan fingerprint density at radius 3 is 1.83 bits per heavy atom. The number of benzene rings is 3. The Morgan fingerprint density at radius 2 is 1.29 bits per heavy atom. The van der Waals surface area contributed by atoms with Crippen molar-refractivity contribution < 1.29 is 53.1 Å². The second-order valence-electron chi connectivity index (χ2n) is 12.9. The molecule has 0 fully saturated rings. The van der Waals surface area contributed by atoms with Gasteiger partial charge in [-0.3, -0.25) is 9.59 Å². The van der Waals surface area contributed by atoms with Gasteiger partial charge in [-0.1, -0.05) is 12.4 Å². The van der Waals surface area contributed by atoms with Gasteiger partial charge >= 0.3 is 23.9 Å². The summed E-state index contributed by atoms with van der Waals surface area (Å²) < 4.78 is 22.7. The number of esters is 3. The lowest BCUT2D eigenvalue weighted by molar-refractivity contribution is -0.137. The summed E-state index contributed by atoms with van der Waals surface area (Å²) in [5, 5.41) is 20.9. The normalized spacial score (nSPS) is 14.0. The maximum absolute atomic E-state index is 13.7. The van der Waals surface area contributed by atoms with Gasteiger partial charge in [0.1, 0.15) is 42.5 Å². The summed E-state index contributed by atoms with van der Waals surface area (Å²) >= 11 is 0. The number of methoxy groups -OCH3 is 1. The van der Waals surface area contributed by atoms with Gasteiger partial charge < -0.3 is 29.2 Å². The van der Waals surface area contributed by atoms with Crippen molar-refractivity contribution in [2.24, 2.45) is 5.92 Å². The van der Waals surface area contributed by atoms with Crippen molar-refractivity contribution in [2.75, 3.05) is 7.11 Å². The number of allylic oxidation sites excluding steroid dienone is 2. The van der Waals surface area contributed by atoms with Crippen LogP contribution >= 0.6 is 0 Å². The zero-order valence-electron chi connectivity index (χ0n) is 31.2. The molecule has 11 nitrogen and oxygen atoms in total. The highest BCUT2D eigenvalue weighted by Gasteiger charge is 2.34. The van der Waals surface area contributed by atoms with Gasteiger partial charge in [-0.15, -0.1) is 0 Å². The van der Waals surface area contributed by atoms with Crippen LogP contribution in [-0.2, 0) is 20.7 Å². The van der Waals surface area contributed by atoms with Crippen molar-refractivity contribution in [2.45, 2.75) is 75.7 Å². The molecule has 52 heavy (non-hydrogen) atoms. The van der Waals surface area contributed by atoms with E-state index < -0.39 is 35.5 Å². The molecule has 4 rings (SSSR count). The summed E-state index contributed by atoms with van der Waals surface area (Å²) in [6.45, 7) is 16.5. The van der Waals surface area contributed by atoms with Gasteiger partial charge in [0, 0.05) is 11.6 Å². The van der Waals surface area contributed by atoms with E-state index in [4.69, 9.17) is 26.8 Å². The first-order valence-corrected chi connectivity index (χ1v) is 16.5. The van der Waals surface area contributed by atoms with Crippen LogP contribution in [0.5, 0.6) is 23.0 Å². The predicted octanol–water partition coefficient (Wildman–Crippen LogP) is 5.93. The number of ketones is 1. The maximum Gasteiger partial charge on any atom is 0.346 e. The Labute approximate surface area is 303 Å². The number of carboxylic acid groups (broad SMARTS) is 1. The average molecular weight is 709 g/mol. The van der Waals surface area contributed by atoms with Crippen molar-refractivity contribution in [3.05, 3.63) is 96.3 Å². The molecule has 3 aromatic carbocycles. The van der Waals surface area contributed by atoms with E-state index in [2.05, 4.69) is 0 Å². The molecule has 270 valence electrons. The van der Waals surface area contributed by atoms with Gasteiger partial charge in [-0.25, -0.2) is 14.4 Å². The number of phenolic OH excluding ortho intramolecular Hbond substituents is 1. The number of hydrogen-bond donors (Lipinski definition) is 2. The molecule has 0 amide bonds. The predicted molar refractivity (Wildman–Crippen MR) is 194 cm³/mol. The molecule has 1 aliphatic carbocycles. The molecule has 0 aromatic heterocycles. The molecule has 2 N–H and O–H groups in total. The molecular formula is C40H41BO11. The highest BCUT2D eigenvalue weighted by molar-refractivity contribution is 6.38. The SMILES string of the molecule is [B]c1c(C)c(OC(=O)C2C(C)=CC(=O)C=C2OC)c(C)c(O)c1C(=O)Oc1cc(C)c(C(=O)Oc2c(C)c(C)c(C(=O)O)c(C)c2C)c(C)c1CC. The largest absolute Gasteiger partial charge is 0.507 e. The zero-order chi connectivity index (χ0) is 39.1. The zero-order valence-corrected chi connectivity index (χ0v) is 31.2. The minimum Gasteiger partial charge on any atom is -0.507 e. The quantitative estimate of drug-likeness (QED) is 0.154. The van der Waals surface area contributed by atoms with Crippen LogP contribution in [0, 0.1) is 61.3 Å². The fourth-order valence-electron chi connectivity index (χ4n) is 6.69. The number of aryl methyl sites for hydroxylation is 1. The lowest BCUT2D eigenvalue weighted by Crippen LogP contribution is -2.29. The first kappa shape index (κ1) is 39.1. The molecule has 2 radical (unpaired) electrons. The third kappa shape index (κ3) is 6.85. The lowest BCUT2D eigenvalue weighted by Gasteiger charge is -2.24. The minimum atomic E-state index is -1.07. The van der Waals surface area contributed by atoms with Gasteiger partial charge in [-0.2, -0.15) is 0 Å². The molecule has 3 aromatic rings. The summed E-state index contributed by atoms with van der Waals surface area (Å²) in [5.41, 5.74) is 4.09. The van der Waals surface area contributed by atoms with Gasteiger partial charge in [0.25, 0.3) is 0 Å². The van der Waals surface area contributed by atoms with E-state index in [-0.39, 0.29) is 62.1 Å². The number of carbonyl (C=O) groups is 5. The topological polar surface area (TPSA) is 163 Å². The monoisotopic (exact) mass is 708 g/mol. The molecule has 1 atom stereocenters. The van der Waals surface area contributed by atoms with Crippen LogP contribution in [-0.4, -0.2) is 54.8 Å². The Morgan fingerprint density at radius 1 is 0.731 bits per heavy atom. The number of phenols is 1. The number of aromatic hydroxyl groups is 1. The number of ether oxygens (including phenoxy) is 4. The number of hydrogen-bond acceptors (Lipinski definition) is 10. The van der Waals surface area contributed by atoms with Gasteiger partial charge in [-0.05, 0) is 131 Å². The van der Waals surface area contributed by atoms with Crippen LogP contribution in [0.25, 0.3) is 0 Å². The molecule has 12 heteroatoms. The van der Waals surface area contributed by atoms with Crippen LogP contribution in [0.4, 0.5) is 0 Å². The summed E-state index contributed by atoms with van der Waals surface area (Å²) in [4.78, 5) is 64.5. The third-order valence-corrected chi connectivity index (χ3v) is 9.81. The van der Waals surface area contributed by atoms with Crippen molar-refractivity contribution in [1.29, 1.82) is 0 Å². The second kappa shape index (κ2) is 14.9. The van der Waals surface area contributed by atoms with Crippen molar-refractivity contribution >= 4 is 43.0 Å². The Kier molecular flexibility index (Phi) is 11.2. The van der Waals surface area contributed by atoms with E-state index in [1.807, 2.05) is 6.92 Å². The van der Waals surface area contributed by atoms with E-state index >= 15 is 0 Å². The summed E-state index contributed by atoms with van der Waals surface area (Å²) in [6, 6.07) is 1.53. The van der Waals surface area contributed by atoms with Gasteiger partial charge in [0.05, 0.1) is 23.8 Å². The lowest BCUT2D eigenvalue weighted by atomic mass is 9.83. The summed E-state index contributed by atoms with van der Waals surface area (Å²) in [5.74, 6) is -4.92. The van der Waals surface area contributed by atoms with Crippen LogP contribution in [0.3, 0.4) is 0 Å². The molecule has 1 unspecified atom stereocenters.